The van der Waals surface area contributed by atoms with Gasteiger partial charge in [-0.2, -0.15) is 12.6 Å². The Morgan fingerprint density at radius 3 is 2.59 bits per heavy atom. The second-order valence-electron chi connectivity index (χ2n) is 3.54. The summed E-state index contributed by atoms with van der Waals surface area (Å²) in [4.78, 5) is 13.7. The van der Waals surface area contributed by atoms with Crippen molar-refractivity contribution < 1.29 is 9.90 Å². The van der Waals surface area contributed by atoms with E-state index in [1.807, 2.05) is 29.0 Å². The van der Waals surface area contributed by atoms with Crippen LogP contribution >= 0.6 is 47.9 Å². The van der Waals surface area contributed by atoms with E-state index in [1.54, 1.807) is 0 Å². The van der Waals surface area contributed by atoms with Crippen molar-refractivity contribution in [3.63, 3.8) is 0 Å². The maximum atomic E-state index is 11.1. The average molecular weight is 302 g/mol. The quantitative estimate of drug-likeness (QED) is 0.753. The van der Waals surface area contributed by atoms with E-state index in [0.29, 0.717) is 0 Å². The third-order valence-corrected chi connectivity index (χ3v) is 5.91. The first-order valence-electron chi connectivity index (χ1n) is 4.79. The highest BCUT2D eigenvalue weighted by molar-refractivity contribution is 7.82. The number of carboxylic acids is 1. The zero-order chi connectivity index (χ0) is 12.5. The molecule has 6 heteroatoms. The van der Waals surface area contributed by atoms with E-state index in [1.165, 1.54) is 22.7 Å². The number of carboxylic acid groups (broad SMARTS) is 1. The van der Waals surface area contributed by atoms with Crippen LogP contribution in [0.4, 0.5) is 0 Å². The molecule has 2 aromatic heterocycles. The fraction of sp³-hybridized carbons (Fsp3) is 0.182. The topological polar surface area (TPSA) is 37.3 Å². The van der Waals surface area contributed by atoms with Gasteiger partial charge in [0.15, 0.2) is 0 Å². The first-order chi connectivity index (χ1) is 8.04. The predicted octanol–water partition coefficient (Wildman–Crippen LogP) is 3.75. The molecule has 0 spiro atoms. The number of hydrogen-bond acceptors (Lipinski definition) is 5. The van der Waals surface area contributed by atoms with Crippen molar-refractivity contribution in [3.8, 4) is 0 Å². The number of thiol groups is 2. The Kier molecular flexibility index (Phi) is 3.87. The summed E-state index contributed by atoms with van der Waals surface area (Å²) in [5.74, 6) is -0.866. The summed E-state index contributed by atoms with van der Waals surface area (Å²) in [6.07, 6.45) is -0.0509. The minimum Gasteiger partial charge on any atom is -0.481 e. The van der Waals surface area contributed by atoms with Crippen LogP contribution in [0.25, 0.3) is 0 Å². The van der Waals surface area contributed by atoms with Crippen LogP contribution in [0, 0.1) is 0 Å². The lowest BCUT2D eigenvalue weighted by Gasteiger charge is -2.25. The number of rotatable bonds is 4. The lowest BCUT2D eigenvalue weighted by molar-refractivity contribution is -0.137. The van der Waals surface area contributed by atoms with E-state index >= 15 is 0 Å². The van der Waals surface area contributed by atoms with Gasteiger partial charge in [0, 0.05) is 14.6 Å². The summed E-state index contributed by atoms with van der Waals surface area (Å²) in [7, 11) is 0. The van der Waals surface area contributed by atoms with E-state index < -0.39 is 10.7 Å². The molecule has 0 aliphatic carbocycles. The molecular weight excluding hydrogens is 292 g/mol. The summed E-state index contributed by atoms with van der Waals surface area (Å²) < 4.78 is -0.786. The van der Waals surface area contributed by atoms with Gasteiger partial charge in [-0.05, 0) is 22.9 Å². The maximum absolute atomic E-state index is 11.1. The Balaban J connectivity index is 2.52. The van der Waals surface area contributed by atoms with Crippen molar-refractivity contribution in [1.29, 1.82) is 0 Å². The average Bonchev–Trinajstić information content (AvgIpc) is 2.85. The van der Waals surface area contributed by atoms with Crippen LogP contribution in [0.5, 0.6) is 0 Å². The van der Waals surface area contributed by atoms with Crippen molar-refractivity contribution in [2.45, 2.75) is 16.1 Å². The van der Waals surface area contributed by atoms with Gasteiger partial charge in [0.1, 0.15) is 0 Å². The summed E-state index contributed by atoms with van der Waals surface area (Å²) in [6.45, 7) is 0. The summed E-state index contributed by atoms with van der Waals surface area (Å²) in [5, 5.41) is 12.9. The molecule has 90 valence electrons. The minimum atomic E-state index is -0.866. The van der Waals surface area contributed by atoms with Gasteiger partial charge in [-0.25, -0.2) is 0 Å². The summed E-state index contributed by atoms with van der Waals surface area (Å²) in [5.41, 5.74) is 0. The fourth-order valence-electron chi connectivity index (χ4n) is 1.62. The van der Waals surface area contributed by atoms with Gasteiger partial charge >= 0.3 is 5.97 Å². The minimum absolute atomic E-state index is 0.0509. The normalized spacial score (nSPS) is 14.5. The molecule has 2 rings (SSSR count). The first-order valence-corrected chi connectivity index (χ1v) is 7.44. The molecule has 1 atom stereocenters. The van der Waals surface area contributed by atoms with Crippen LogP contribution in [-0.2, 0) is 9.54 Å². The number of hydrogen-bond donors (Lipinski definition) is 3. The highest BCUT2D eigenvalue weighted by Gasteiger charge is 2.36. The molecule has 17 heavy (non-hydrogen) atoms. The van der Waals surface area contributed by atoms with Crippen LogP contribution in [0.3, 0.4) is 0 Å². The van der Waals surface area contributed by atoms with Gasteiger partial charge in [0.05, 0.1) is 11.2 Å². The van der Waals surface area contributed by atoms with Gasteiger partial charge < -0.3 is 5.11 Å². The van der Waals surface area contributed by atoms with Gasteiger partial charge in [-0.3, -0.25) is 4.79 Å². The van der Waals surface area contributed by atoms with Crippen molar-refractivity contribution >= 4 is 53.9 Å². The van der Waals surface area contributed by atoms with Crippen molar-refractivity contribution in [2.75, 3.05) is 0 Å². The van der Waals surface area contributed by atoms with E-state index in [9.17, 15) is 4.79 Å². The molecule has 0 aliphatic rings. The third kappa shape index (κ3) is 2.54. The molecule has 0 bridgehead atoms. The molecule has 0 saturated heterocycles. The van der Waals surface area contributed by atoms with Crippen LogP contribution in [0.2, 0.25) is 0 Å². The van der Waals surface area contributed by atoms with Crippen LogP contribution in [0.1, 0.15) is 16.2 Å². The number of carbonyl (C=O) groups is 1. The Morgan fingerprint density at radius 1 is 1.35 bits per heavy atom. The third-order valence-electron chi connectivity index (χ3n) is 2.36. The summed E-state index contributed by atoms with van der Waals surface area (Å²) >= 11 is 12.0. The van der Waals surface area contributed by atoms with E-state index in [-0.39, 0.29) is 6.42 Å². The Labute approximate surface area is 118 Å². The second kappa shape index (κ2) is 5.06. The van der Waals surface area contributed by atoms with E-state index in [4.69, 9.17) is 5.11 Å². The van der Waals surface area contributed by atoms with Crippen molar-refractivity contribution in [1.82, 2.24) is 0 Å². The van der Waals surface area contributed by atoms with Crippen LogP contribution < -0.4 is 0 Å². The molecule has 0 saturated carbocycles. The standard InChI is InChI=1S/C11H10O2S4/c12-9(13)6-11(15,8-2-1-4-16-8)10-7(14)3-5-17-10/h1-5,14-15H,6H2,(H,12,13). The SMILES string of the molecule is O=C(O)CC(S)(c1cccs1)c1sccc1S. The number of aliphatic carboxylic acids is 1. The zero-order valence-electron chi connectivity index (χ0n) is 8.66. The molecule has 0 aromatic carbocycles. The molecule has 0 radical (unpaired) electrons. The molecular formula is C11H10O2S4. The fourth-order valence-corrected chi connectivity index (χ4v) is 4.68. The molecule has 0 aliphatic heterocycles. The second-order valence-corrected chi connectivity index (χ2v) is 6.65. The Hall–Kier alpha value is -0.430. The highest BCUT2D eigenvalue weighted by Crippen LogP contribution is 2.46. The van der Waals surface area contributed by atoms with Gasteiger partial charge in [0.2, 0.25) is 0 Å². The Morgan fingerprint density at radius 2 is 2.12 bits per heavy atom. The zero-order valence-corrected chi connectivity index (χ0v) is 12.1. The molecule has 1 N–H and O–H groups in total. The van der Waals surface area contributed by atoms with Crippen molar-refractivity contribution in [2.24, 2.45) is 0 Å². The van der Waals surface area contributed by atoms with E-state index in [0.717, 1.165) is 14.6 Å². The van der Waals surface area contributed by atoms with Gasteiger partial charge in [0.25, 0.3) is 0 Å². The largest absolute Gasteiger partial charge is 0.481 e. The van der Waals surface area contributed by atoms with E-state index in [2.05, 4.69) is 25.3 Å². The van der Waals surface area contributed by atoms with Crippen LogP contribution in [0.15, 0.2) is 33.9 Å². The first kappa shape index (κ1) is 13.0. The molecule has 1 unspecified atom stereocenters. The lowest BCUT2D eigenvalue weighted by Crippen LogP contribution is -2.22. The lowest BCUT2D eigenvalue weighted by atomic mass is 10.00. The maximum Gasteiger partial charge on any atom is 0.305 e. The van der Waals surface area contributed by atoms with Gasteiger partial charge in [-0.1, -0.05) is 6.07 Å². The molecule has 2 heterocycles. The Bertz CT molecular complexity index is 517. The number of thiophene rings is 2. The smallest absolute Gasteiger partial charge is 0.305 e. The van der Waals surface area contributed by atoms with Gasteiger partial charge in [-0.15, -0.1) is 35.3 Å². The molecule has 2 nitrogen and oxygen atoms in total. The molecule has 2 aromatic rings. The summed E-state index contributed by atoms with van der Waals surface area (Å²) in [6, 6.07) is 5.68. The van der Waals surface area contributed by atoms with Crippen molar-refractivity contribution in [3.05, 3.63) is 38.7 Å². The molecule has 0 fully saturated rings. The highest BCUT2D eigenvalue weighted by atomic mass is 32.1. The predicted molar refractivity (Wildman–Crippen MR) is 77.9 cm³/mol. The van der Waals surface area contributed by atoms with Crippen LogP contribution in [-0.4, -0.2) is 11.1 Å². The monoisotopic (exact) mass is 302 g/mol. The molecule has 0 amide bonds.